The van der Waals surface area contributed by atoms with Crippen LogP contribution in [-0.4, -0.2) is 60.1 Å². The molecule has 0 bridgehead atoms. The van der Waals surface area contributed by atoms with Gasteiger partial charge in [-0.05, 0) is 43.6 Å². The van der Waals surface area contributed by atoms with Gasteiger partial charge in [0.1, 0.15) is 6.04 Å². The number of hydrogen-bond acceptors (Lipinski definition) is 5. The van der Waals surface area contributed by atoms with Crippen molar-refractivity contribution in [3.63, 3.8) is 0 Å². The van der Waals surface area contributed by atoms with Gasteiger partial charge in [0.05, 0.1) is 28.4 Å². The molecule has 2 aromatic carbocycles. The molecule has 6 heteroatoms. The smallest absolute Gasteiger partial charge is 0.244 e. The fraction of sp³-hybridized carbons (Fsp3) is 0.417. The third kappa shape index (κ3) is 4.00. The number of piperidine rings is 1. The Bertz CT molecular complexity index is 959. The number of carbonyl (C=O) groups is 1. The first-order chi connectivity index (χ1) is 14.8. The zero-order valence-corrected chi connectivity index (χ0v) is 17.9. The largest absolute Gasteiger partial charge is 0.378 e. The van der Waals surface area contributed by atoms with Crippen LogP contribution in [0.1, 0.15) is 35.4 Å². The molecule has 3 heterocycles. The van der Waals surface area contributed by atoms with Crippen LogP contribution < -0.4 is 0 Å². The van der Waals surface area contributed by atoms with Crippen LogP contribution in [0.25, 0.3) is 10.2 Å². The molecule has 1 amide bonds. The summed E-state index contributed by atoms with van der Waals surface area (Å²) in [5.41, 5.74) is 2.19. The monoisotopic (exact) mass is 421 g/mol. The molecular weight excluding hydrogens is 394 g/mol. The van der Waals surface area contributed by atoms with E-state index in [2.05, 4.69) is 41.3 Å². The molecule has 2 aliphatic rings. The number of carbonyl (C=O) groups excluding carboxylic acids is 1. The summed E-state index contributed by atoms with van der Waals surface area (Å²) in [6, 6.07) is 18.4. The highest BCUT2D eigenvalue weighted by Gasteiger charge is 2.35. The molecule has 0 radical (unpaired) electrons. The van der Waals surface area contributed by atoms with Gasteiger partial charge in [-0.25, -0.2) is 4.98 Å². The van der Waals surface area contributed by atoms with Crippen molar-refractivity contribution in [3.05, 3.63) is 65.2 Å². The number of nitrogens with zero attached hydrogens (tertiary/aromatic N) is 3. The fourth-order valence-corrected chi connectivity index (χ4v) is 5.71. The lowest BCUT2D eigenvalue weighted by Crippen LogP contribution is -2.49. The van der Waals surface area contributed by atoms with E-state index in [4.69, 9.17) is 9.72 Å². The summed E-state index contributed by atoms with van der Waals surface area (Å²) in [6.07, 6.45) is 2.08. The molecular formula is C24H27N3O2S. The van der Waals surface area contributed by atoms with E-state index in [1.165, 1.54) is 9.71 Å². The van der Waals surface area contributed by atoms with Crippen LogP contribution in [0.3, 0.4) is 0 Å². The number of para-hydroxylation sites is 1. The Morgan fingerprint density at radius 3 is 2.40 bits per heavy atom. The predicted octanol–water partition coefficient (Wildman–Crippen LogP) is 4.08. The summed E-state index contributed by atoms with van der Waals surface area (Å²) < 4.78 is 6.72. The summed E-state index contributed by atoms with van der Waals surface area (Å²) in [4.78, 5) is 22.7. The fourth-order valence-electron chi connectivity index (χ4n) is 4.57. The molecule has 0 aliphatic carbocycles. The standard InChI is InChI=1S/C24H27N3O2S/c28-24(27-14-16-29-17-15-27)22(18-6-2-1-3-7-18)26-12-10-19(11-13-26)23-25-20-8-4-5-9-21(20)30-23/h1-9,19,22H,10-17H2/t22-/m0/s1. The van der Waals surface area contributed by atoms with Crippen molar-refractivity contribution in [3.8, 4) is 0 Å². The van der Waals surface area contributed by atoms with Crippen molar-refractivity contribution in [2.75, 3.05) is 39.4 Å². The van der Waals surface area contributed by atoms with Gasteiger partial charge in [0.15, 0.2) is 0 Å². The van der Waals surface area contributed by atoms with Crippen molar-refractivity contribution in [1.29, 1.82) is 0 Å². The number of amides is 1. The molecule has 30 heavy (non-hydrogen) atoms. The van der Waals surface area contributed by atoms with Gasteiger partial charge in [-0.1, -0.05) is 42.5 Å². The van der Waals surface area contributed by atoms with E-state index in [-0.39, 0.29) is 11.9 Å². The lowest BCUT2D eigenvalue weighted by atomic mass is 9.94. The summed E-state index contributed by atoms with van der Waals surface area (Å²) >= 11 is 1.82. The van der Waals surface area contributed by atoms with Crippen LogP contribution in [0.2, 0.25) is 0 Å². The maximum atomic E-state index is 13.5. The van der Waals surface area contributed by atoms with Crippen LogP contribution in [0.5, 0.6) is 0 Å². The van der Waals surface area contributed by atoms with Crippen molar-refractivity contribution >= 4 is 27.5 Å². The van der Waals surface area contributed by atoms with Gasteiger partial charge in [-0.3, -0.25) is 9.69 Å². The number of aromatic nitrogens is 1. The van der Waals surface area contributed by atoms with Crippen LogP contribution in [-0.2, 0) is 9.53 Å². The molecule has 1 atom stereocenters. The highest BCUT2D eigenvalue weighted by atomic mass is 32.1. The molecule has 5 nitrogen and oxygen atoms in total. The molecule has 0 unspecified atom stereocenters. The van der Waals surface area contributed by atoms with E-state index in [0.29, 0.717) is 32.2 Å². The SMILES string of the molecule is O=C([C@H](c1ccccc1)N1CCC(c2nc3ccccc3s2)CC1)N1CCOCC1. The average molecular weight is 422 g/mol. The first-order valence-corrected chi connectivity index (χ1v) is 11.6. The Labute approximate surface area is 181 Å². The second-order valence-corrected chi connectivity index (χ2v) is 9.14. The third-order valence-corrected chi connectivity index (χ3v) is 7.43. The normalized spacial score (nSPS) is 19.8. The van der Waals surface area contributed by atoms with Crippen LogP contribution in [0.4, 0.5) is 0 Å². The molecule has 2 aliphatic heterocycles. The van der Waals surface area contributed by atoms with E-state index in [9.17, 15) is 4.79 Å². The quantitative estimate of drug-likeness (QED) is 0.637. The summed E-state index contributed by atoms with van der Waals surface area (Å²) in [7, 11) is 0. The number of ether oxygens (including phenoxy) is 1. The van der Waals surface area contributed by atoms with Gasteiger partial charge in [-0.15, -0.1) is 11.3 Å². The molecule has 1 aromatic heterocycles. The number of fused-ring (bicyclic) bond motifs is 1. The number of rotatable bonds is 4. The molecule has 0 spiro atoms. The Balaban J connectivity index is 1.33. The van der Waals surface area contributed by atoms with Gasteiger partial charge in [0.25, 0.3) is 0 Å². The van der Waals surface area contributed by atoms with E-state index >= 15 is 0 Å². The molecule has 3 aromatic rings. The highest BCUT2D eigenvalue weighted by Crippen LogP contribution is 2.36. The van der Waals surface area contributed by atoms with E-state index in [1.807, 2.05) is 34.4 Å². The first-order valence-electron chi connectivity index (χ1n) is 10.8. The van der Waals surface area contributed by atoms with Crippen LogP contribution >= 0.6 is 11.3 Å². The average Bonchev–Trinajstić information content (AvgIpc) is 3.25. The lowest BCUT2D eigenvalue weighted by Gasteiger charge is -2.39. The lowest BCUT2D eigenvalue weighted by molar-refractivity contribution is -0.142. The Hall–Kier alpha value is -2.28. The predicted molar refractivity (Wildman–Crippen MR) is 120 cm³/mol. The van der Waals surface area contributed by atoms with Crippen LogP contribution in [0.15, 0.2) is 54.6 Å². The molecule has 0 N–H and O–H groups in total. The number of likely N-dealkylation sites (tertiary alicyclic amines) is 1. The van der Waals surface area contributed by atoms with Crippen LogP contribution in [0, 0.1) is 0 Å². The highest BCUT2D eigenvalue weighted by molar-refractivity contribution is 7.18. The van der Waals surface area contributed by atoms with Gasteiger partial charge < -0.3 is 9.64 Å². The zero-order valence-electron chi connectivity index (χ0n) is 17.1. The first kappa shape index (κ1) is 19.7. The summed E-state index contributed by atoms with van der Waals surface area (Å²) in [5, 5.41) is 1.24. The minimum absolute atomic E-state index is 0.208. The topological polar surface area (TPSA) is 45.7 Å². The summed E-state index contributed by atoms with van der Waals surface area (Å²) in [5.74, 6) is 0.691. The minimum Gasteiger partial charge on any atom is -0.378 e. The van der Waals surface area contributed by atoms with Crippen molar-refractivity contribution in [1.82, 2.24) is 14.8 Å². The van der Waals surface area contributed by atoms with Crippen molar-refractivity contribution in [2.24, 2.45) is 0 Å². The van der Waals surface area contributed by atoms with E-state index in [1.54, 1.807) is 0 Å². The Morgan fingerprint density at radius 1 is 0.967 bits per heavy atom. The molecule has 156 valence electrons. The van der Waals surface area contributed by atoms with Gasteiger partial charge in [0.2, 0.25) is 5.91 Å². The van der Waals surface area contributed by atoms with Crippen molar-refractivity contribution < 1.29 is 9.53 Å². The molecule has 5 rings (SSSR count). The zero-order chi connectivity index (χ0) is 20.3. The second-order valence-electron chi connectivity index (χ2n) is 8.08. The van der Waals surface area contributed by atoms with E-state index < -0.39 is 0 Å². The number of benzene rings is 2. The maximum absolute atomic E-state index is 13.5. The van der Waals surface area contributed by atoms with Crippen molar-refractivity contribution in [2.45, 2.75) is 24.8 Å². The molecule has 2 fully saturated rings. The maximum Gasteiger partial charge on any atom is 0.244 e. The van der Waals surface area contributed by atoms with Gasteiger partial charge in [0, 0.05) is 19.0 Å². The number of thiazole rings is 1. The number of morpholine rings is 1. The third-order valence-electron chi connectivity index (χ3n) is 6.23. The number of hydrogen-bond donors (Lipinski definition) is 0. The van der Waals surface area contributed by atoms with Gasteiger partial charge >= 0.3 is 0 Å². The molecule has 0 saturated carbocycles. The van der Waals surface area contributed by atoms with Gasteiger partial charge in [-0.2, -0.15) is 0 Å². The Morgan fingerprint density at radius 2 is 1.67 bits per heavy atom. The minimum atomic E-state index is -0.208. The summed E-state index contributed by atoms with van der Waals surface area (Å²) in [6.45, 7) is 4.46. The van der Waals surface area contributed by atoms with E-state index in [0.717, 1.165) is 37.0 Å². The second kappa shape index (κ2) is 8.84. The molecule has 2 saturated heterocycles. The Kier molecular flexibility index (Phi) is 5.79.